The van der Waals surface area contributed by atoms with Crippen LogP contribution in [0.1, 0.15) is 39.7 Å². The van der Waals surface area contributed by atoms with Crippen molar-refractivity contribution in [2.75, 3.05) is 6.54 Å². The Kier molecular flexibility index (Phi) is 5.89. The summed E-state index contributed by atoms with van der Waals surface area (Å²) in [5, 5.41) is 12.2. The van der Waals surface area contributed by atoms with Crippen molar-refractivity contribution in [3.63, 3.8) is 0 Å². The third kappa shape index (κ3) is 5.94. The van der Waals surface area contributed by atoms with Gasteiger partial charge in [-0.2, -0.15) is 0 Å². The molecule has 1 aliphatic heterocycles. The summed E-state index contributed by atoms with van der Waals surface area (Å²) in [5.41, 5.74) is 0.522. The van der Waals surface area contributed by atoms with E-state index in [4.69, 9.17) is 19.3 Å². The number of benzene rings is 1. The number of aliphatic carboxylic acids is 1. The molecule has 7 heteroatoms. The predicted octanol–water partition coefficient (Wildman–Crippen LogP) is 2.12. The van der Waals surface area contributed by atoms with Crippen LogP contribution in [0.5, 0.6) is 11.5 Å². The molecule has 2 rings (SSSR count). The highest BCUT2D eigenvalue weighted by molar-refractivity contribution is 5.73. The molecule has 0 radical (unpaired) electrons. The number of ether oxygens (including phenoxy) is 3. The molecule has 2 unspecified atom stereocenters. The van der Waals surface area contributed by atoms with Gasteiger partial charge in [-0.3, -0.25) is 4.79 Å². The highest BCUT2D eigenvalue weighted by atomic mass is 16.7. The minimum Gasteiger partial charge on any atom is -0.476 e. The Balaban J connectivity index is 1.78. The minimum absolute atomic E-state index is 0.137. The topological polar surface area (TPSA) is 94.1 Å². The number of fused-ring (bicyclic) bond motifs is 1. The summed E-state index contributed by atoms with van der Waals surface area (Å²) in [7, 11) is 0. The van der Waals surface area contributed by atoms with Crippen LogP contribution < -0.4 is 14.8 Å². The maximum Gasteiger partial charge on any atom is 0.387 e. The lowest BCUT2D eigenvalue weighted by Crippen LogP contribution is -2.32. The fraction of sp³-hybridized carbons (Fsp3) is 0.556. The van der Waals surface area contributed by atoms with Gasteiger partial charge in [-0.1, -0.05) is 6.07 Å². The van der Waals surface area contributed by atoms with Crippen molar-refractivity contribution in [1.82, 2.24) is 5.32 Å². The first-order valence-corrected chi connectivity index (χ1v) is 8.28. The van der Waals surface area contributed by atoms with Gasteiger partial charge in [0, 0.05) is 12.6 Å². The molecule has 2 atom stereocenters. The van der Waals surface area contributed by atoms with E-state index in [2.05, 4.69) is 5.32 Å². The molecule has 0 fully saturated rings. The zero-order valence-corrected chi connectivity index (χ0v) is 15.0. The van der Waals surface area contributed by atoms with Crippen molar-refractivity contribution < 1.29 is 28.9 Å². The second-order valence-electron chi connectivity index (χ2n) is 7.08. The maximum atomic E-state index is 11.7. The summed E-state index contributed by atoms with van der Waals surface area (Å²) < 4.78 is 15.7. The Hall–Kier alpha value is -2.28. The van der Waals surface area contributed by atoms with Crippen LogP contribution in [0.2, 0.25) is 0 Å². The van der Waals surface area contributed by atoms with E-state index in [1.54, 1.807) is 12.1 Å². The van der Waals surface area contributed by atoms with Crippen molar-refractivity contribution in [2.24, 2.45) is 0 Å². The molecule has 1 heterocycles. The molecule has 0 spiro atoms. The number of carbonyl (C=O) groups excluding carboxylic acids is 1. The van der Waals surface area contributed by atoms with Crippen LogP contribution >= 0.6 is 0 Å². The number of carboxylic acids is 1. The highest BCUT2D eigenvalue weighted by Gasteiger charge is 2.30. The lowest BCUT2D eigenvalue weighted by atomic mass is 10.1. The number of carbonyl (C=O) groups is 2. The van der Waals surface area contributed by atoms with Crippen LogP contribution in [0.25, 0.3) is 0 Å². The molecule has 0 amide bonds. The number of esters is 1. The van der Waals surface area contributed by atoms with E-state index in [1.807, 2.05) is 33.8 Å². The van der Waals surface area contributed by atoms with Crippen molar-refractivity contribution in [2.45, 2.75) is 58.5 Å². The quantitative estimate of drug-likeness (QED) is 0.727. The molecular weight excluding hydrogens is 326 g/mol. The Morgan fingerprint density at radius 2 is 1.96 bits per heavy atom. The Morgan fingerprint density at radius 1 is 1.28 bits per heavy atom. The second-order valence-corrected chi connectivity index (χ2v) is 7.08. The largest absolute Gasteiger partial charge is 0.476 e. The number of rotatable bonds is 7. The van der Waals surface area contributed by atoms with Crippen LogP contribution in [-0.4, -0.2) is 41.5 Å². The van der Waals surface area contributed by atoms with Crippen LogP contribution in [0, 0.1) is 0 Å². The number of hydrogen-bond acceptors (Lipinski definition) is 6. The average Bonchev–Trinajstić information content (AvgIpc) is 2.88. The van der Waals surface area contributed by atoms with Crippen molar-refractivity contribution in [1.29, 1.82) is 0 Å². The second kappa shape index (κ2) is 7.74. The van der Waals surface area contributed by atoms with Crippen LogP contribution in [0.3, 0.4) is 0 Å². The summed E-state index contributed by atoms with van der Waals surface area (Å²) in [6.07, 6.45) is -0.263. The summed E-state index contributed by atoms with van der Waals surface area (Å²) in [5.74, 6) is -0.516. The van der Waals surface area contributed by atoms with Gasteiger partial charge < -0.3 is 24.6 Å². The zero-order chi connectivity index (χ0) is 18.6. The molecule has 1 aliphatic rings. The molecule has 0 aliphatic carbocycles. The molecule has 1 aromatic carbocycles. The fourth-order valence-corrected chi connectivity index (χ4v) is 2.46. The van der Waals surface area contributed by atoms with Gasteiger partial charge in [-0.15, -0.1) is 0 Å². The summed E-state index contributed by atoms with van der Waals surface area (Å²) in [4.78, 5) is 22.6. The van der Waals surface area contributed by atoms with Gasteiger partial charge in [-0.25, -0.2) is 4.79 Å². The molecule has 0 aromatic heterocycles. The van der Waals surface area contributed by atoms with E-state index in [-0.39, 0.29) is 12.0 Å². The van der Waals surface area contributed by atoms with Gasteiger partial charge in [0.2, 0.25) is 0 Å². The van der Waals surface area contributed by atoms with Crippen LogP contribution in [-0.2, 0) is 20.7 Å². The van der Waals surface area contributed by atoms with Crippen LogP contribution in [0.4, 0.5) is 0 Å². The minimum atomic E-state index is -1.28. The fourth-order valence-electron chi connectivity index (χ4n) is 2.46. The number of carboxylic acid groups (broad SMARTS) is 1. The predicted molar refractivity (Wildman–Crippen MR) is 90.8 cm³/mol. The molecule has 7 nitrogen and oxygen atoms in total. The summed E-state index contributed by atoms with van der Waals surface area (Å²) in [6, 6.07) is 5.50. The lowest BCUT2D eigenvalue weighted by molar-refractivity contribution is -0.155. The first-order valence-electron chi connectivity index (χ1n) is 8.28. The van der Waals surface area contributed by atoms with E-state index in [0.717, 1.165) is 5.56 Å². The van der Waals surface area contributed by atoms with E-state index in [1.165, 1.54) is 0 Å². The van der Waals surface area contributed by atoms with Crippen molar-refractivity contribution >= 4 is 11.9 Å². The average molecular weight is 351 g/mol. The lowest BCUT2D eigenvalue weighted by Gasteiger charge is -2.20. The van der Waals surface area contributed by atoms with Gasteiger partial charge in [-0.05, 0) is 51.8 Å². The maximum absolute atomic E-state index is 11.7. The standard InChI is InChI=1S/C18H25NO6/c1-11(19-8-7-15(20)25-18(2,3)4)9-12-5-6-13-14(10-12)24-17(23-13)16(21)22/h5-6,10-11,17,19H,7-9H2,1-4H3,(H,21,22). The molecular formula is C18H25NO6. The molecule has 0 bridgehead atoms. The van der Waals surface area contributed by atoms with Crippen molar-refractivity contribution in [3.05, 3.63) is 23.8 Å². The van der Waals surface area contributed by atoms with E-state index in [9.17, 15) is 9.59 Å². The first-order chi connectivity index (χ1) is 11.6. The Morgan fingerprint density at radius 3 is 2.60 bits per heavy atom. The molecule has 0 saturated heterocycles. The number of nitrogens with one attached hydrogen (secondary N) is 1. The Labute approximate surface area is 147 Å². The Bertz CT molecular complexity index is 637. The van der Waals surface area contributed by atoms with E-state index in [0.29, 0.717) is 30.9 Å². The monoisotopic (exact) mass is 351 g/mol. The molecule has 2 N–H and O–H groups in total. The highest BCUT2D eigenvalue weighted by Crippen LogP contribution is 2.35. The van der Waals surface area contributed by atoms with Crippen LogP contribution in [0.15, 0.2) is 18.2 Å². The molecule has 1 aromatic rings. The zero-order valence-electron chi connectivity index (χ0n) is 15.0. The summed E-state index contributed by atoms with van der Waals surface area (Å²) in [6.45, 7) is 8.07. The van der Waals surface area contributed by atoms with Gasteiger partial charge in [0.1, 0.15) is 5.60 Å². The third-order valence-electron chi connectivity index (χ3n) is 3.46. The smallest absolute Gasteiger partial charge is 0.387 e. The number of hydrogen-bond donors (Lipinski definition) is 2. The summed E-state index contributed by atoms with van der Waals surface area (Å²) >= 11 is 0. The van der Waals surface area contributed by atoms with E-state index >= 15 is 0 Å². The molecule has 138 valence electrons. The van der Waals surface area contributed by atoms with Gasteiger partial charge in [0.15, 0.2) is 11.5 Å². The SMILES string of the molecule is CC(Cc1ccc2c(c1)OC(C(=O)O)O2)NCCC(=O)OC(C)(C)C. The molecule has 0 saturated carbocycles. The molecule has 25 heavy (non-hydrogen) atoms. The van der Waals surface area contributed by atoms with Gasteiger partial charge >= 0.3 is 18.2 Å². The normalized spacial score (nSPS) is 17.2. The van der Waals surface area contributed by atoms with Gasteiger partial charge in [0.05, 0.1) is 6.42 Å². The van der Waals surface area contributed by atoms with E-state index < -0.39 is 17.9 Å². The van der Waals surface area contributed by atoms with Crippen molar-refractivity contribution in [3.8, 4) is 11.5 Å². The first kappa shape index (κ1) is 19.1. The van der Waals surface area contributed by atoms with Gasteiger partial charge in [0.25, 0.3) is 0 Å². The third-order valence-corrected chi connectivity index (χ3v) is 3.46.